The third kappa shape index (κ3) is 2.59. The lowest BCUT2D eigenvalue weighted by molar-refractivity contribution is 1.48. The third-order valence-electron chi connectivity index (χ3n) is 1.46. The molecule has 1 nitrogen and oxygen atoms in total. The molecule has 0 aliphatic rings. The predicted octanol–water partition coefficient (Wildman–Crippen LogP) is 3.43. The van der Waals surface area contributed by atoms with E-state index >= 15 is 0 Å². The summed E-state index contributed by atoms with van der Waals surface area (Å²) in [6.45, 7) is 0. The van der Waals surface area contributed by atoms with Crippen molar-refractivity contribution in [2.24, 2.45) is 0 Å². The molecular formula is C8H10Cl3N. The molecule has 0 amide bonds. The highest BCUT2D eigenvalue weighted by Crippen LogP contribution is 2.09. The van der Waals surface area contributed by atoms with E-state index in [0.717, 1.165) is 0 Å². The first-order valence-corrected chi connectivity index (χ1v) is 2.99. The molecule has 1 aromatic carbocycles. The van der Waals surface area contributed by atoms with Gasteiger partial charge in [0.1, 0.15) is 0 Å². The molecule has 0 spiro atoms. The first kappa shape index (κ1) is 14.2. The van der Waals surface area contributed by atoms with E-state index in [-0.39, 0.29) is 37.2 Å². The molecule has 2 rings (SSSR count). The molecule has 0 saturated carbocycles. The van der Waals surface area contributed by atoms with Gasteiger partial charge in [-0.15, -0.1) is 37.2 Å². The van der Waals surface area contributed by atoms with Crippen molar-refractivity contribution in [2.45, 2.75) is 0 Å². The standard InChI is InChI=1S/C8H7N.3ClH/c1-2-4-8-7(3-1)5-6-9-8;;;/h1-6,9H;3*1H. The Labute approximate surface area is 89.8 Å². The summed E-state index contributed by atoms with van der Waals surface area (Å²) in [5.74, 6) is 0. The second-order valence-corrected chi connectivity index (χ2v) is 2.06. The fourth-order valence-corrected chi connectivity index (χ4v) is 0.995. The van der Waals surface area contributed by atoms with Crippen LogP contribution in [0.3, 0.4) is 0 Å². The van der Waals surface area contributed by atoms with Gasteiger partial charge in [0, 0.05) is 11.7 Å². The van der Waals surface area contributed by atoms with Crippen LogP contribution in [0.2, 0.25) is 0 Å². The maximum absolute atomic E-state index is 3.12. The summed E-state index contributed by atoms with van der Waals surface area (Å²) in [5, 5.41) is 1.28. The van der Waals surface area contributed by atoms with Crippen LogP contribution in [0, 0.1) is 0 Å². The number of H-pyrrole nitrogens is 1. The van der Waals surface area contributed by atoms with Gasteiger partial charge in [0.05, 0.1) is 0 Å². The molecule has 0 atom stereocenters. The predicted molar refractivity (Wildman–Crippen MR) is 60.0 cm³/mol. The second kappa shape index (κ2) is 6.18. The van der Waals surface area contributed by atoms with Gasteiger partial charge in [-0.05, 0) is 17.5 Å². The van der Waals surface area contributed by atoms with Crippen LogP contribution < -0.4 is 0 Å². The molecular weight excluding hydrogens is 216 g/mol. The van der Waals surface area contributed by atoms with Gasteiger partial charge < -0.3 is 4.98 Å². The summed E-state index contributed by atoms with van der Waals surface area (Å²) in [6.07, 6.45) is 1.95. The molecule has 2 aromatic rings. The fraction of sp³-hybridized carbons (Fsp3) is 0. The molecule has 1 aromatic heterocycles. The van der Waals surface area contributed by atoms with Crippen molar-refractivity contribution >= 4 is 48.1 Å². The van der Waals surface area contributed by atoms with Crippen LogP contribution in [0.25, 0.3) is 10.9 Å². The summed E-state index contributed by atoms with van der Waals surface area (Å²) >= 11 is 0. The minimum Gasteiger partial charge on any atom is -0.361 e. The molecule has 1 heterocycles. The largest absolute Gasteiger partial charge is 0.361 e. The van der Waals surface area contributed by atoms with E-state index in [1.165, 1.54) is 10.9 Å². The zero-order chi connectivity index (χ0) is 6.10. The van der Waals surface area contributed by atoms with Crippen LogP contribution in [0.4, 0.5) is 0 Å². The number of hydrogen-bond donors (Lipinski definition) is 1. The molecule has 68 valence electrons. The number of aromatic amines is 1. The van der Waals surface area contributed by atoms with Gasteiger partial charge in [-0.3, -0.25) is 0 Å². The van der Waals surface area contributed by atoms with Gasteiger partial charge in [0.15, 0.2) is 0 Å². The molecule has 0 unspecified atom stereocenters. The van der Waals surface area contributed by atoms with E-state index < -0.39 is 0 Å². The summed E-state index contributed by atoms with van der Waals surface area (Å²) in [4.78, 5) is 3.12. The second-order valence-electron chi connectivity index (χ2n) is 2.06. The van der Waals surface area contributed by atoms with Crippen molar-refractivity contribution < 1.29 is 0 Å². The molecule has 0 fully saturated rings. The lowest BCUT2D eigenvalue weighted by Gasteiger charge is -1.83. The number of hydrogen-bond acceptors (Lipinski definition) is 0. The van der Waals surface area contributed by atoms with Gasteiger partial charge in [0.2, 0.25) is 0 Å². The summed E-state index contributed by atoms with van der Waals surface area (Å²) in [7, 11) is 0. The van der Waals surface area contributed by atoms with Gasteiger partial charge in [-0.1, -0.05) is 18.2 Å². The Kier molecular flexibility index (Phi) is 7.30. The Morgan fingerprint density at radius 2 is 1.50 bits per heavy atom. The smallest absolute Gasteiger partial charge is 0.0453 e. The molecule has 0 bridgehead atoms. The molecule has 0 radical (unpaired) electrons. The van der Waals surface area contributed by atoms with E-state index in [2.05, 4.69) is 23.2 Å². The maximum Gasteiger partial charge on any atom is 0.0453 e. The average molecular weight is 227 g/mol. The van der Waals surface area contributed by atoms with Crippen LogP contribution in [0.1, 0.15) is 0 Å². The van der Waals surface area contributed by atoms with Crippen LogP contribution in [-0.2, 0) is 0 Å². The molecule has 0 saturated heterocycles. The van der Waals surface area contributed by atoms with Crippen LogP contribution in [0.15, 0.2) is 36.5 Å². The first-order chi connectivity index (χ1) is 4.47. The number of halogens is 3. The van der Waals surface area contributed by atoms with Gasteiger partial charge in [0.25, 0.3) is 0 Å². The van der Waals surface area contributed by atoms with E-state index in [1.807, 2.05) is 18.3 Å². The van der Waals surface area contributed by atoms with Crippen molar-refractivity contribution in [1.82, 2.24) is 4.98 Å². The number of aromatic nitrogens is 1. The quantitative estimate of drug-likeness (QED) is 0.708. The zero-order valence-electron chi connectivity index (χ0n) is 6.19. The average Bonchev–Trinajstić information content (AvgIpc) is 2.33. The van der Waals surface area contributed by atoms with Gasteiger partial charge >= 0.3 is 0 Å². The van der Waals surface area contributed by atoms with Crippen molar-refractivity contribution in [3.8, 4) is 0 Å². The normalized spacial score (nSPS) is 7.67. The number of rotatable bonds is 0. The molecule has 0 aliphatic heterocycles. The van der Waals surface area contributed by atoms with Crippen LogP contribution >= 0.6 is 37.2 Å². The van der Waals surface area contributed by atoms with Crippen molar-refractivity contribution in [3.63, 3.8) is 0 Å². The van der Waals surface area contributed by atoms with Crippen molar-refractivity contribution in [2.75, 3.05) is 0 Å². The molecule has 0 aliphatic carbocycles. The summed E-state index contributed by atoms with van der Waals surface area (Å²) in [6, 6.07) is 10.3. The van der Waals surface area contributed by atoms with E-state index in [1.54, 1.807) is 0 Å². The van der Waals surface area contributed by atoms with Crippen molar-refractivity contribution in [1.29, 1.82) is 0 Å². The van der Waals surface area contributed by atoms with Gasteiger partial charge in [-0.2, -0.15) is 0 Å². The first-order valence-electron chi connectivity index (χ1n) is 2.99. The highest BCUT2D eigenvalue weighted by molar-refractivity contribution is 5.86. The van der Waals surface area contributed by atoms with E-state index in [0.29, 0.717) is 0 Å². The number of para-hydroxylation sites is 1. The lowest BCUT2D eigenvalue weighted by atomic mass is 10.3. The van der Waals surface area contributed by atoms with Gasteiger partial charge in [-0.25, -0.2) is 0 Å². The molecule has 4 heteroatoms. The number of benzene rings is 1. The van der Waals surface area contributed by atoms with E-state index in [4.69, 9.17) is 0 Å². The Hall–Kier alpha value is -0.370. The Bertz CT molecular complexity index is 288. The number of nitrogens with one attached hydrogen (secondary N) is 1. The highest BCUT2D eigenvalue weighted by atomic mass is 35.5. The topological polar surface area (TPSA) is 15.8 Å². The zero-order valence-corrected chi connectivity index (χ0v) is 8.64. The lowest BCUT2D eigenvalue weighted by Crippen LogP contribution is -1.61. The van der Waals surface area contributed by atoms with Crippen LogP contribution in [-0.4, -0.2) is 4.98 Å². The molecule has 12 heavy (non-hydrogen) atoms. The molecule has 1 N–H and O–H groups in total. The minimum absolute atomic E-state index is 0. The Morgan fingerprint density at radius 1 is 0.833 bits per heavy atom. The van der Waals surface area contributed by atoms with E-state index in [9.17, 15) is 0 Å². The minimum atomic E-state index is 0. The Morgan fingerprint density at radius 3 is 2.17 bits per heavy atom. The van der Waals surface area contributed by atoms with Crippen LogP contribution in [0.5, 0.6) is 0 Å². The highest BCUT2D eigenvalue weighted by Gasteiger charge is 1.86. The SMILES string of the molecule is Cl.Cl.Cl.c1ccc2[nH]ccc2c1. The summed E-state index contributed by atoms with van der Waals surface area (Å²) in [5.41, 5.74) is 1.21. The fourth-order valence-electron chi connectivity index (χ4n) is 0.995. The monoisotopic (exact) mass is 225 g/mol. The Balaban J connectivity index is 0. The third-order valence-corrected chi connectivity index (χ3v) is 1.46. The maximum atomic E-state index is 3.12. The number of fused-ring (bicyclic) bond motifs is 1. The van der Waals surface area contributed by atoms with Crippen molar-refractivity contribution in [3.05, 3.63) is 36.5 Å². The summed E-state index contributed by atoms with van der Waals surface area (Å²) < 4.78 is 0.